The third-order valence-corrected chi connectivity index (χ3v) is 4.78. The first-order valence-electron chi connectivity index (χ1n) is 7.72. The van der Waals surface area contributed by atoms with E-state index in [0.29, 0.717) is 23.1 Å². The van der Waals surface area contributed by atoms with Crippen molar-refractivity contribution in [1.82, 2.24) is 4.90 Å². The van der Waals surface area contributed by atoms with E-state index in [2.05, 4.69) is 0 Å². The van der Waals surface area contributed by atoms with Crippen molar-refractivity contribution >= 4 is 34.7 Å². The Kier molecular flexibility index (Phi) is 5.22. The van der Waals surface area contributed by atoms with E-state index in [1.54, 1.807) is 6.07 Å². The molecule has 2 amide bonds. The molecule has 27 heavy (non-hydrogen) atoms. The van der Waals surface area contributed by atoms with Crippen molar-refractivity contribution in [1.29, 1.82) is 0 Å². The summed E-state index contributed by atoms with van der Waals surface area (Å²) < 4.78 is 19.0. The first kappa shape index (κ1) is 18.6. The summed E-state index contributed by atoms with van der Waals surface area (Å²) in [5.74, 6) is -0.788. The Balaban J connectivity index is 1.92. The van der Waals surface area contributed by atoms with Crippen LogP contribution in [0.3, 0.4) is 0 Å². The van der Waals surface area contributed by atoms with Crippen LogP contribution < -0.4 is 4.74 Å². The van der Waals surface area contributed by atoms with Crippen molar-refractivity contribution in [3.63, 3.8) is 0 Å². The number of rotatable bonds is 5. The third kappa shape index (κ3) is 3.82. The minimum absolute atomic E-state index is 0.0788. The van der Waals surface area contributed by atoms with E-state index in [1.165, 1.54) is 49.6 Å². The molecule has 1 fully saturated rings. The molecule has 0 N–H and O–H groups in total. The Bertz CT molecular complexity index is 976. The van der Waals surface area contributed by atoms with Gasteiger partial charge in [0.15, 0.2) is 0 Å². The van der Waals surface area contributed by atoms with Crippen LogP contribution >= 0.6 is 11.8 Å². The maximum absolute atomic E-state index is 13.8. The molecule has 0 atom stereocenters. The molecule has 0 radical (unpaired) electrons. The molecule has 0 spiro atoms. The summed E-state index contributed by atoms with van der Waals surface area (Å²) in [7, 11) is 1.39. The summed E-state index contributed by atoms with van der Waals surface area (Å²) in [6.07, 6.45) is 1.36. The molecule has 2 aromatic carbocycles. The van der Waals surface area contributed by atoms with E-state index in [4.69, 9.17) is 4.74 Å². The molecule has 0 unspecified atom stereocenters. The van der Waals surface area contributed by atoms with Crippen molar-refractivity contribution in [3.05, 3.63) is 74.4 Å². The molecule has 0 bridgehead atoms. The van der Waals surface area contributed by atoms with Gasteiger partial charge in [0.2, 0.25) is 0 Å². The van der Waals surface area contributed by atoms with E-state index in [9.17, 15) is 24.1 Å². The Morgan fingerprint density at radius 3 is 2.67 bits per heavy atom. The summed E-state index contributed by atoms with van der Waals surface area (Å²) in [6, 6.07) is 9.81. The number of halogens is 1. The number of imide groups is 1. The zero-order valence-electron chi connectivity index (χ0n) is 14.0. The van der Waals surface area contributed by atoms with Crippen LogP contribution in [-0.2, 0) is 11.3 Å². The molecule has 9 heteroatoms. The number of carbonyl (C=O) groups excluding carboxylic acids is 2. The van der Waals surface area contributed by atoms with Gasteiger partial charge in [0, 0.05) is 23.3 Å². The van der Waals surface area contributed by atoms with Gasteiger partial charge in [-0.2, -0.15) is 0 Å². The highest BCUT2D eigenvalue weighted by Gasteiger charge is 2.35. The van der Waals surface area contributed by atoms with Gasteiger partial charge in [-0.1, -0.05) is 18.2 Å². The molecule has 0 saturated carbocycles. The summed E-state index contributed by atoms with van der Waals surface area (Å²) in [4.78, 5) is 36.2. The lowest BCUT2D eigenvalue weighted by molar-refractivity contribution is -0.384. The highest BCUT2D eigenvalue weighted by Crippen LogP contribution is 2.36. The quantitative estimate of drug-likeness (QED) is 0.437. The second-order valence-electron chi connectivity index (χ2n) is 5.54. The Hall–Kier alpha value is -3.20. The summed E-state index contributed by atoms with van der Waals surface area (Å²) in [6.45, 7) is -0.194. The van der Waals surface area contributed by atoms with Crippen molar-refractivity contribution < 1.29 is 23.6 Å². The predicted octanol–water partition coefficient (Wildman–Crippen LogP) is 3.98. The number of nitrogens with zero attached hydrogens (tertiary/aromatic N) is 2. The normalized spacial score (nSPS) is 15.5. The third-order valence-electron chi connectivity index (χ3n) is 3.87. The van der Waals surface area contributed by atoms with Gasteiger partial charge in [-0.25, -0.2) is 4.39 Å². The molecule has 138 valence electrons. The minimum atomic E-state index is -0.596. The molecule has 1 heterocycles. The Labute approximate surface area is 157 Å². The van der Waals surface area contributed by atoms with Crippen LogP contribution in [0.2, 0.25) is 0 Å². The molecular weight excluding hydrogens is 375 g/mol. The van der Waals surface area contributed by atoms with Gasteiger partial charge in [0.25, 0.3) is 16.8 Å². The zero-order valence-corrected chi connectivity index (χ0v) is 14.9. The van der Waals surface area contributed by atoms with Gasteiger partial charge in [-0.3, -0.25) is 24.6 Å². The van der Waals surface area contributed by atoms with E-state index in [0.717, 1.165) is 4.90 Å². The van der Waals surface area contributed by atoms with E-state index in [1.807, 2.05) is 0 Å². The predicted molar refractivity (Wildman–Crippen MR) is 97.6 cm³/mol. The first-order valence-corrected chi connectivity index (χ1v) is 8.53. The van der Waals surface area contributed by atoms with Crippen LogP contribution in [0.5, 0.6) is 5.75 Å². The lowest BCUT2D eigenvalue weighted by atomic mass is 10.1. The summed E-state index contributed by atoms with van der Waals surface area (Å²) >= 11 is 0.686. The topological polar surface area (TPSA) is 89.8 Å². The number of thioether (sulfide) groups is 1. The maximum Gasteiger partial charge on any atom is 0.293 e. The summed E-state index contributed by atoms with van der Waals surface area (Å²) in [5, 5.41) is 10.4. The van der Waals surface area contributed by atoms with Gasteiger partial charge in [-0.05, 0) is 30.0 Å². The monoisotopic (exact) mass is 388 g/mol. The van der Waals surface area contributed by atoms with E-state index in [-0.39, 0.29) is 22.7 Å². The van der Waals surface area contributed by atoms with Gasteiger partial charge >= 0.3 is 0 Å². The van der Waals surface area contributed by atoms with Crippen LogP contribution in [0.1, 0.15) is 11.1 Å². The average molecular weight is 388 g/mol. The van der Waals surface area contributed by atoms with Crippen molar-refractivity contribution in [2.45, 2.75) is 6.54 Å². The molecule has 0 aromatic heterocycles. The van der Waals surface area contributed by atoms with Crippen molar-refractivity contribution in [2.75, 3.05) is 7.11 Å². The van der Waals surface area contributed by atoms with Crippen molar-refractivity contribution in [3.8, 4) is 5.75 Å². The Morgan fingerprint density at radius 2 is 2.00 bits per heavy atom. The van der Waals surface area contributed by atoms with Crippen LogP contribution in [0.25, 0.3) is 6.08 Å². The van der Waals surface area contributed by atoms with Crippen LogP contribution in [0.4, 0.5) is 14.9 Å². The standard InChI is InChI=1S/C18H13FN2O5S/c1-26-15-7-6-13(21(24)25)8-12(15)9-16-17(22)20(18(23)27-16)10-11-4-2-3-5-14(11)19/h2-9H,10H2,1H3/b16-9+. The van der Waals surface area contributed by atoms with Gasteiger partial charge in [0.05, 0.1) is 23.5 Å². The fraction of sp³-hybridized carbons (Fsp3) is 0.111. The van der Waals surface area contributed by atoms with Crippen molar-refractivity contribution in [2.24, 2.45) is 0 Å². The van der Waals surface area contributed by atoms with E-state index >= 15 is 0 Å². The molecular formula is C18H13FN2O5S. The first-order chi connectivity index (χ1) is 12.9. The molecule has 2 aromatic rings. The number of hydrogen-bond donors (Lipinski definition) is 0. The fourth-order valence-corrected chi connectivity index (χ4v) is 3.35. The lowest BCUT2D eigenvalue weighted by Crippen LogP contribution is -2.27. The average Bonchev–Trinajstić information content (AvgIpc) is 2.90. The highest BCUT2D eigenvalue weighted by molar-refractivity contribution is 8.18. The summed E-state index contributed by atoms with van der Waals surface area (Å²) in [5.41, 5.74) is 0.338. The number of methoxy groups -OCH3 is 1. The molecule has 7 nitrogen and oxygen atoms in total. The number of hydrogen-bond acceptors (Lipinski definition) is 6. The van der Waals surface area contributed by atoms with Crippen LogP contribution in [0.15, 0.2) is 47.4 Å². The number of nitro groups is 1. The second kappa shape index (κ2) is 7.58. The zero-order chi connectivity index (χ0) is 19.6. The molecule has 3 rings (SSSR count). The molecule has 1 aliphatic heterocycles. The fourth-order valence-electron chi connectivity index (χ4n) is 2.52. The minimum Gasteiger partial charge on any atom is -0.496 e. The number of carbonyl (C=O) groups is 2. The highest BCUT2D eigenvalue weighted by atomic mass is 32.2. The van der Waals surface area contributed by atoms with E-state index < -0.39 is 21.9 Å². The van der Waals surface area contributed by atoms with Gasteiger partial charge < -0.3 is 4.74 Å². The van der Waals surface area contributed by atoms with Crippen LogP contribution in [0, 0.1) is 15.9 Å². The lowest BCUT2D eigenvalue weighted by Gasteiger charge is -2.12. The largest absolute Gasteiger partial charge is 0.496 e. The van der Waals surface area contributed by atoms with Gasteiger partial charge in [-0.15, -0.1) is 0 Å². The second-order valence-corrected chi connectivity index (χ2v) is 6.54. The number of nitro benzene ring substituents is 1. The number of ether oxygens (including phenoxy) is 1. The molecule has 1 aliphatic rings. The number of amides is 2. The molecule has 1 saturated heterocycles. The SMILES string of the molecule is COc1ccc([N+](=O)[O-])cc1/C=C1/SC(=O)N(Cc2ccccc2F)C1=O. The van der Waals surface area contributed by atoms with Crippen LogP contribution in [-0.4, -0.2) is 28.1 Å². The molecule has 0 aliphatic carbocycles. The number of non-ortho nitro benzene ring substituents is 1. The smallest absolute Gasteiger partial charge is 0.293 e. The Morgan fingerprint density at radius 1 is 1.26 bits per heavy atom. The van der Waals surface area contributed by atoms with Gasteiger partial charge in [0.1, 0.15) is 11.6 Å². The maximum atomic E-state index is 13.8. The number of benzene rings is 2.